The molecule has 26 heavy (non-hydrogen) atoms. The molecule has 0 amide bonds. The Bertz CT molecular complexity index is 802. The molecule has 140 valence electrons. The molecule has 2 aromatic rings. The van der Waals surface area contributed by atoms with Gasteiger partial charge in [-0.05, 0) is 24.3 Å². The van der Waals surface area contributed by atoms with E-state index in [1.807, 2.05) is 6.07 Å². The van der Waals surface area contributed by atoms with Crippen molar-refractivity contribution < 1.29 is 9.84 Å². The molecule has 0 atom stereocenters. The Morgan fingerprint density at radius 1 is 1.19 bits per heavy atom. The average Bonchev–Trinajstić information content (AvgIpc) is 2.63. The Balaban J connectivity index is 2.05. The number of hydrogen-bond acceptors (Lipinski definition) is 5. The second-order valence-corrected chi connectivity index (χ2v) is 8.05. The van der Waals surface area contributed by atoms with Crippen LogP contribution in [0.3, 0.4) is 0 Å². The number of halogens is 2. The number of ether oxygens (including phenoxy) is 1. The van der Waals surface area contributed by atoms with Gasteiger partial charge in [0.2, 0.25) is 5.88 Å². The first-order valence-electron chi connectivity index (χ1n) is 8.61. The number of nitrogens with zero attached hydrogens (tertiary/aromatic N) is 3. The average molecular weight is 396 g/mol. The number of hydrogen-bond donors (Lipinski definition) is 1. The molecule has 5 nitrogen and oxygen atoms in total. The second-order valence-electron chi connectivity index (χ2n) is 7.26. The standard InChI is InChI=1S/C19H23Cl2N3O2/c1-19(2)7-9-24(10-8-19)17-14(11-25)22-16(18(23-17)26-3)12-5-4-6-13(20)15(12)21/h4-6,25H,7-11H2,1-3H3. The summed E-state index contributed by atoms with van der Waals surface area (Å²) in [6.07, 6.45) is 2.12. The number of piperidine rings is 1. The molecule has 0 unspecified atom stereocenters. The van der Waals surface area contributed by atoms with Gasteiger partial charge in [-0.15, -0.1) is 0 Å². The van der Waals surface area contributed by atoms with Crippen LogP contribution in [0.1, 0.15) is 32.4 Å². The summed E-state index contributed by atoms with van der Waals surface area (Å²) in [5, 5.41) is 10.7. The number of benzene rings is 1. The Morgan fingerprint density at radius 2 is 1.88 bits per heavy atom. The molecule has 0 aliphatic carbocycles. The van der Waals surface area contributed by atoms with Crippen LogP contribution < -0.4 is 9.64 Å². The van der Waals surface area contributed by atoms with E-state index in [0.29, 0.717) is 44.1 Å². The molecule has 1 fully saturated rings. The van der Waals surface area contributed by atoms with Gasteiger partial charge in [0, 0.05) is 18.7 Å². The highest BCUT2D eigenvalue weighted by Gasteiger charge is 2.29. The molecule has 0 saturated carbocycles. The topological polar surface area (TPSA) is 58.5 Å². The second kappa shape index (κ2) is 7.59. The normalized spacial score (nSPS) is 16.6. The lowest BCUT2D eigenvalue weighted by atomic mass is 9.82. The van der Waals surface area contributed by atoms with Crippen LogP contribution in [0.4, 0.5) is 5.82 Å². The third-order valence-electron chi connectivity index (χ3n) is 4.88. The minimum Gasteiger partial charge on any atom is -0.479 e. The highest BCUT2D eigenvalue weighted by molar-refractivity contribution is 6.43. The van der Waals surface area contributed by atoms with Crippen molar-refractivity contribution >= 4 is 29.0 Å². The number of aromatic nitrogens is 2. The molecule has 1 aliphatic heterocycles. The van der Waals surface area contributed by atoms with Crippen LogP contribution in [0.15, 0.2) is 18.2 Å². The monoisotopic (exact) mass is 395 g/mol. The summed E-state index contributed by atoms with van der Waals surface area (Å²) >= 11 is 12.5. The molecule has 1 aromatic carbocycles. The van der Waals surface area contributed by atoms with E-state index >= 15 is 0 Å². The van der Waals surface area contributed by atoms with E-state index in [2.05, 4.69) is 28.7 Å². The first-order chi connectivity index (χ1) is 12.4. The smallest absolute Gasteiger partial charge is 0.242 e. The fourth-order valence-corrected chi connectivity index (χ4v) is 3.52. The predicted octanol–water partition coefficient (Wildman–Crippen LogP) is 4.58. The van der Waals surface area contributed by atoms with Crippen molar-refractivity contribution in [3.8, 4) is 17.1 Å². The van der Waals surface area contributed by atoms with Crippen molar-refractivity contribution in [2.45, 2.75) is 33.3 Å². The Morgan fingerprint density at radius 3 is 2.50 bits per heavy atom. The summed E-state index contributed by atoms with van der Waals surface area (Å²) in [5.41, 5.74) is 1.94. The minimum atomic E-state index is -0.211. The molecule has 2 heterocycles. The Labute approximate surface area is 163 Å². The van der Waals surface area contributed by atoms with Crippen molar-refractivity contribution in [1.82, 2.24) is 9.97 Å². The Hall–Kier alpha value is -1.56. The van der Waals surface area contributed by atoms with Gasteiger partial charge in [0.25, 0.3) is 0 Å². The highest BCUT2D eigenvalue weighted by atomic mass is 35.5. The van der Waals surface area contributed by atoms with E-state index in [0.717, 1.165) is 25.9 Å². The van der Waals surface area contributed by atoms with Gasteiger partial charge in [0.15, 0.2) is 5.82 Å². The van der Waals surface area contributed by atoms with Crippen molar-refractivity contribution in [2.75, 3.05) is 25.1 Å². The molecule has 1 N–H and O–H groups in total. The highest BCUT2D eigenvalue weighted by Crippen LogP contribution is 2.39. The molecule has 1 saturated heterocycles. The van der Waals surface area contributed by atoms with Crippen molar-refractivity contribution in [1.29, 1.82) is 0 Å². The van der Waals surface area contributed by atoms with Crippen LogP contribution in [-0.4, -0.2) is 35.3 Å². The SMILES string of the molecule is COc1nc(N2CCC(C)(C)CC2)c(CO)nc1-c1cccc(Cl)c1Cl. The molecule has 3 rings (SSSR count). The summed E-state index contributed by atoms with van der Waals surface area (Å²) in [7, 11) is 1.55. The van der Waals surface area contributed by atoms with Crippen molar-refractivity contribution in [3.63, 3.8) is 0 Å². The van der Waals surface area contributed by atoms with E-state index in [4.69, 9.17) is 27.9 Å². The molecule has 7 heteroatoms. The van der Waals surface area contributed by atoms with Gasteiger partial charge in [0.1, 0.15) is 11.4 Å². The van der Waals surface area contributed by atoms with E-state index in [-0.39, 0.29) is 6.61 Å². The van der Waals surface area contributed by atoms with E-state index < -0.39 is 0 Å². The molecule has 1 aromatic heterocycles. The van der Waals surface area contributed by atoms with Gasteiger partial charge in [0.05, 0.1) is 23.8 Å². The van der Waals surface area contributed by atoms with Crippen LogP contribution in [-0.2, 0) is 6.61 Å². The largest absolute Gasteiger partial charge is 0.479 e. The maximum absolute atomic E-state index is 9.88. The first kappa shape index (κ1) is 19.2. The number of rotatable bonds is 4. The summed E-state index contributed by atoms with van der Waals surface area (Å²) in [6.45, 7) is 6.07. The lowest BCUT2D eigenvalue weighted by molar-refractivity contribution is 0.267. The van der Waals surface area contributed by atoms with E-state index in [9.17, 15) is 5.11 Å². The van der Waals surface area contributed by atoms with Gasteiger partial charge in [-0.25, -0.2) is 4.98 Å². The maximum atomic E-state index is 9.88. The third-order valence-corrected chi connectivity index (χ3v) is 5.70. The van der Waals surface area contributed by atoms with Gasteiger partial charge < -0.3 is 14.7 Å². The van der Waals surface area contributed by atoms with Crippen LogP contribution in [0.25, 0.3) is 11.3 Å². The zero-order valence-corrected chi connectivity index (χ0v) is 16.7. The zero-order valence-electron chi connectivity index (χ0n) is 15.2. The summed E-state index contributed by atoms with van der Waals surface area (Å²) in [5.74, 6) is 1.04. The zero-order chi connectivity index (χ0) is 18.9. The lowest BCUT2D eigenvalue weighted by Crippen LogP contribution is -2.38. The van der Waals surface area contributed by atoms with Crippen molar-refractivity contribution in [3.05, 3.63) is 33.9 Å². The van der Waals surface area contributed by atoms with Crippen LogP contribution >= 0.6 is 23.2 Å². The van der Waals surface area contributed by atoms with Crippen LogP contribution in [0.5, 0.6) is 5.88 Å². The summed E-state index contributed by atoms with van der Waals surface area (Å²) in [4.78, 5) is 11.4. The Kier molecular flexibility index (Phi) is 5.61. The number of aliphatic hydroxyl groups excluding tert-OH is 1. The number of anilines is 1. The van der Waals surface area contributed by atoms with E-state index in [1.165, 1.54) is 0 Å². The van der Waals surface area contributed by atoms with E-state index in [1.54, 1.807) is 19.2 Å². The molecule has 0 bridgehead atoms. The molecular formula is C19H23Cl2N3O2. The fourth-order valence-electron chi connectivity index (χ4n) is 3.13. The van der Waals surface area contributed by atoms with Crippen LogP contribution in [0.2, 0.25) is 10.0 Å². The minimum absolute atomic E-state index is 0.211. The van der Waals surface area contributed by atoms with Gasteiger partial charge in [-0.2, -0.15) is 4.98 Å². The quantitative estimate of drug-likeness (QED) is 0.820. The summed E-state index contributed by atoms with van der Waals surface area (Å²) in [6, 6.07) is 5.32. The van der Waals surface area contributed by atoms with Crippen molar-refractivity contribution in [2.24, 2.45) is 5.41 Å². The molecular weight excluding hydrogens is 373 g/mol. The lowest BCUT2D eigenvalue weighted by Gasteiger charge is -2.38. The molecule has 1 aliphatic rings. The maximum Gasteiger partial charge on any atom is 0.242 e. The predicted molar refractivity (Wildman–Crippen MR) is 105 cm³/mol. The molecule has 0 radical (unpaired) electrons. The van der Waals surface area contributed by atoms with Crippen LogP contribution in [0, 0.1) is 5.41 Å². The third kappa shape index (κ3) is 3.75. The summed E-state index contributed by atoms with van der Waals surface area (Å²) < 4.78 is 5.48. The molecule has 0 spiro atoms. The van der Waals surface area contributed by atoms with Gasteiger partial charge in [-0.1, -0.05) is 49.2 Å². The number of methoxy groups -OCH3 is 1. The number of aliphatic hydroxyl groups is 1. The van der Waals surface area contributed by atoms with Gasteiger partial charge in [-0.3, -0.25) is 0 Å². The first-order valence-corrected chi connectivity index (χ1v) is 9.37. The van der Waals surface area contributed by atoms with Gasteiger partial charge >= 0.3 is 0 Å². The fraction of sp³-hybridized carbons (Fsp3) is 0.474.